The van der Waals surface area contributed by atoms with Gasteiger partial charge in [-0.25, -0.2) is 0 Å². The van der Waals surface area contributed by atoms with E-state index in [-0.39, 0.29) is 0 Å². The van der Waals surface area contributed by atoms with E-state index in [0.717, 1.165) is 35.1 Å². The van der Waals surface area contributed by atoms with Crippen LogP contribution in [-0.2, 0) is 6.42 Å². The van der Waals surface area contributed by atoms with Crippen molar-refractivity contribution < 1.29 is 5.21 Å². The molecule has 1 N–H and O–H groups in total. The molecule has 1 aromatic heterocycles. The highest BCUT2D eigenvalue weighted by Crippen LogP contribution is 2.65. The summed E-state index contributed by atoms with van der Waals surface area (Å²) in [6, 6.07) is 6.70. The number of rotatable bonds is 0. The van der Waals surface area contributed by atoms with Gasteiger partial charge in [-0.3, -0.25) is 0 Å². The van der Waals surface area contributed by atoms with Crippen LogP contribution in [0, 0.1) is 35.0 Å². The third-order valence-electron chi connectivity index (χ3n) is 8.76. The summed E-state index contributed by atoms with van der Waals surface area (Å²) in [4.78, 5) is 0. The molecule has 0 aliphatic heterocycles. The summed E-state index contributed by atoms with van der Waals surface area (Å²) in [5, 5.41) is 11.2. The van der Waals surface area contributed by atoms with Crippen LogP contribution >= 0.6 is 0 Å². The molecule has 27 heavy (non-hydrogen) atoms. The van der Waals surface area contributed by atoms with E-state index in [9.17, 15) is 5.21 Å². The number of hydrogen-bond acceptors (Lipinski definition) is 1. The summed E-state index contributed by atoms with van der Waals surface area (Å²) in [6.45, 7) is 14.1. The summed E-state index contributed by atoms with van der Waals surface area (Å²) < 4.78 is 1.28. The van der Waals surface area contributed by atoms with Gasteiger partial charge in [0.25, 0.3) is 0 Å². The van der Waals surface area contributed by atoms with E-state index in [1.54, 1.807) is 11.8 Å². The molecular formula is C25H37NO. The standard InChI is InChI=1S/C23H31NO.C2H6/c1-13-9-20-18-6-5-16-11-21-17(7-8-24(21)25)10-19(16)22(18)14(2)12-23(20,4)15(13)3;1-2/h7-8,10-11,13-15,18,20,22,25H,5-6,9,12H2,1-4H3;1-2H3/t13?,14?,15?,18?,20?,22?,23-;/m1./s1. The Hall–Kier alpha value is -1.44. The van der Waals surface area contributed by atoms with Gasteiger partial charge in [-0.1, -0.05) is 41.5 Å². The Labute approximate surface area is 164 Å². The van der Waals surface area contributed by atoms with E-state index in [1.807, 2.05) is 13.8 Å². The first kappa shape index (κ1) is 18.9. The highest BCUT2D eigenvalue weighted by molar-refractivity contribution is 5.82. The molecule has 3 aliphatic rings. The van der Waals surface area contributed by atoms with E-state index in [4.69, 9.17) is 0 Å². The molecule has 2 fully saturated rings. The first-order valence-corrected chi connectivity index (χ1v) is 11.2. The number of aryl methyl sites for hydroxylation is 1. The lowest BCUT2D eigenvalue weighted by Crippen LogP contribution is -2.45. The molecule has 1 aromatic carbocycles. The van der Waals surface area contributed by atoms with Crippen LogP contribution in [0.3, 0.4) is 0 Å². The van der Waals surface area contributed by atoms with Crippen LogP contribution in [0.1, 0.15) is 77.8 Å². The average molecular weight is 368 g/mol. The van der Waals surface area contributed by atoms with Crippen molar-refractivity contribution in [3.63, 3.8) is 0 Å². The van der Waals surface area contributed by atoms with Gasteiger partial charge in [-0.15, -0.1) is 0 Å². The van der Waals surface area contributed by atoms with Crippen molar-refractivity contribution in [3.8, 4) is 0 Å². The van der Waals surface area contributed by atoms with Crippen molar-refractivity contribution in [3.05, 3.63) is 35.5 Å². The molecule has 2 nitrogen and oxygen atoms in total. The van der Waals surface area contributed by atoms with Crippen molar-refractivity contribution >= 4 is 10.9 Å². The van der Waals surface area contributed by atoms with Gasteiger partial charge < -0.3 is 5.21 Å². The highest BCUT2D eigenvalue weighted by Gasteiger charge is 2.57. The minimum Gasteiger partial charge on any atom is -0.428 e. The van der Waals surface area contributed by atoms with Gasteiger partial charge in [0.2, 0.25) is 0 Å². The molecule has 6 unspecified atom stereocenters. The quantitative estimate of drug-likeness (QED) is 0.504. The summed E-state index contributed by atoms with van der Waals surface area (Å²) in [5.74, 6) is 4.94. The second-order valence-corrected chi connectivity index (χ2v) is 9.79. The van der Waals surface area contributed by atoms with Crippen LogP contribution in [0.15, 0.2) is 24.4 Å². The lowest BCUT2D eigenvalue weighted by atomic mass is 9.51. The van der Waals surface area contributed by atoms with Crippen LogP contribution in [0.4, 0.5) is 0 Å². The van der Waals surface area contributed by atoms with Crippen LogP contribution in [0.2, 0.25) is 0 Å². The molecule has 5 rings (SSSR count). The number of fused-ring (bicyclic) bond motifs is 6. The minimum atomic E-state index is 0.538. The van der Waals surface area contributed by atoms with E-state index in [2.05, 4.69) is 45.9 Å². The largest absolute Gasteiger partial charge is 0.428 e. The predicted molar refractivity (Wildman–Crippen MR) is 113 cm³/mol. The third kappa shape index (κ3) is 2.58. The van der Waals surface area contributed by atoms with E-state index in [0.29, 0.717) is 11.3 Å². The predicted octanol–water partition coefficient (Wildman–Crippen LogP) is 6.89. The molecule has 7 atom stereocenters. The number of nitrogens with zero attached hydrogens (tertiary/aromatic N) is 1. The van der Waals surface area contributed by atoms with Crippen LogP contribution < -0.4 is 0 Å². The topological polar surface area (TPSA) is 25.2 Å². The molecule has 2 saturated carbocycles. The van der Waals surface area contributed by atoms with Crippen molar-refractivity contribution in [2.24, 2.45) is 35.0 Å². The summed E-state index contributed by atoms with van der Waals surface area (Å²) >= 11 is 0. The molecule has 2 heteroatoms. The summed E-state index contributed by atoms with van der Waals surface area (Å²) in [6.07, 6.45) is 7.09. The normalized spacial score (nSPS) is 39.9. The minimum absolute atomic E-state index is 0.538. The van der Waals surface area contributed by atoms with Gasteiger partial charge in [0.15, 0.2) is 0 Å². The van der Waals surface area contributed by atoms with Crippen molar-refractivity contribution in [2.45, 2.75) is 73.1 Å². The molecule has 2 aromatic rings. The maximum Gasteiger partial charge on any atom is 0.0868 e. The fourth-order valence-corrected chi connectivity index (χ4v) is 7.35. The fraction of sp³-hybridized carbons (Fsp3) is 0.680. The van der Waals surface area contributed by atoms with Crippen LogP contribution in [0.25, 0.3) is 10.9 Å². The monoisotopic (exact) mass is 367 g/mol. The molecule has 0 amide bonds. The molecule has 0 bridgehead atoms. The van der Waals surface area contributed by atoms with Crippen molar-refractivity contribution in [1.29, 1.82) is 0 Å². The Morgan fingerprint density at radius 3 is 2.59 bits per heavy atom. The Balaban J connectivity index is 0.000000872. The first-order chi connectivity index (χ1) is 12.9. The van der Waals surface area contributed by atoms with Gasteiger partial charge in [0.05, 0.1) is 5.52 Å². The lowest BCUT2D eigenvalue weighted by molar-refractivity contribution is -0.000214. The van der Waals surface area contributed by atoms with E-state index in [1.165, 1.54) is 41.4 Å². The smallest absolute Gasteiger partial charge is 0.0868 e. The lowest BCUT2D eigenvalue weighted by Gasteiger charge is -2.53. The van der Waals surface area contributed by atoms with Gasteiger partial charge in [0, 0.05) is 11.6 Å². The molecule has 148 valence electrons. The zero-order chi connectivity index (χ0) is 19.5. The van der Waals surface area contributed by atoms with Crippen molar-refractivity contribution in [2.75, 3.05) is 0 Å². The van der Waals surface area contributed by atoms with Crippen LogP contribution in [-0.4, -0.2) is 9.94 Å². The molecule has 0 radical (unpaired) electrons. The average Bonchev–Trinajstić information content (AvgIpc) is 3.13. The Morgan fingerprint density at radius 2 is 1.85 bits per heavy atom. The molecule has 3 aliphatic carbocycles. The first-order valence-electron chi connectivity index (χ1n) is 11.2. The van der Waals surface area contributed by atoms with Gasteiger partial charge in [0.1, 0.15) is 0 Å². The second kappa shape index (κ2) is 6.57. The molecule has 0 spiro atoms. The molecule has 0 saturated heterocycles. The van der Waals surface area contributed by atoms with Gasteiger partial charge in [-0.05, 0) is 95.9 Å². The SMILES string of the molecule is CC.CC1C[C@]2(C)C(C)C(C)CC2C2CCc3cc4c(ccn4O)cc3C12. The molecule has 1 heterocycles. The Morgan fingerprint density at radius 1 is 1.11 bits per heavy atom. The number of aromatic nitrogens is 1. The van der Waals surface area contributed by atoms with Crippen LogP contribution in [0.5, 0.6) is 0 Å². The zero-order valence-electron chi connectivity index (χ0n) is 18.0. The summed E-state index contributed by atoms with van der Waals surface area (Å²) in [5.41, 5.74) is 4.58. The van der Waals surface area contributed by atoms with Gasteiger partial charge in [-0.2, -0.15) is 4.73 Å². The van der Waals surface area contributed by atoms with Crippen molar-refractivity contribution in [1.82, 2.24) is 4.73 Å². The molecular weight excluding hydrogens is 330 g/mol. The Kier molecular flexibility index (Phi) is 4.60. The van der Waals surface area contributed by atoms with Gasteiger partial charge >= 0.3 is 0 Å². The van der Waals surface area contributed by atoms with E-state index < -0.39 is 0 Å². The number of hydrogen-bond donors (Lipinski definition) is 1. The second-order valence-electron chi connectivity index (χ2n) is 9.79. The third-order valence-corrected chi connectivity index (χ3v) is 8.76. The highest BCUT2D eigenvalue weighted by atomic mass is 16.5. The fourth-order valence-electron chi connectivity index (χ4n) is 7.35. The van der Waals surface area contributed by atoms with E-state index >= 15 is 0 Å². The zero-order valence-corrected chi connectivity index (χ0v) is 18.0. The maximum absolute atomic E-state index is 10.0. The summed E-state index contributed by atoms with van der Waals surface area (Å²) in [7, 11) is 0. The Bertz CT molecular complexity index is 836. The maximum atomic E-state index is 10.0. The number of benzene rings is 1.